The van der Waals surface area contributed by atoms with Crippen molar-refractivity contribution in [3.8, 4) is 6.07 Å². The third kappa shape index (κ3) is 4.71. The summed E-state index contributed by atoms with van der Waals surface area (Å²) in [5, 5.41) is 12.4. The van der Waals surface area contributed by atoms with Crippen LogP contribution in [0.25, 0.3) is 6.08 Å². The van der Waals surface area contributed by atoms with Crippen LogP contribution in [-0.4, -0.2) is 0 Å². The summed E-state index contributed by atoms with van der Waals surface area (Å²) in [7, 11) is 0. The van der Waals surface area contributed by atoms with Gasteiger partial charge in [0.25, 0.3) is 0 Å². The molecular weight excluding hydrogens is 453 g/mol. The molecule has 4 rings (SSSR count). The van der Waals surface area contributed by atoms with Crippen LogP contribution in [0.5, 0.6) is 0 Å². The van der Waals surface area contributed by atoms with Crippen molar-refractivity contribution in [3.05, 3.63) is 132 Å². The van der Waals surface area contributed by atoms with Gasteiger partial charge in [-0.15, -0.1) is 0 Å². The van der Waals surface area contributed by atoms with Gasteiger partial charge in [0.05, 0.1) is 0 Å². The Labute approximate surface area is 208 Å². The number of hydrogen-bond donors (Lipinski definition) is 0. The summed E-state index contributed by atoms with van der Waals surface area (Å²) >= 11 is 8.21. The van der Waals surface area contributed by atoms with Gasteiger partial charge in [0.1, 0.15) is 0 Å². The monoisotopic (exact) mass is 481 g/mol. The van der Waals surface area contributed by atoms with Crippen LogP contribution in [0.15, 0.2) is 121 Å². The van der Waals surface area contributed by atoms with E-state index in [4.69, 9.17) is 16.5 Å². The zero-order valence-corrected chi connectivity index (χ0v) is 21.1. The number of nitriles is 1. The van der Waals surface area contributed by atoms with Crippen molar-refractivity contribution < 1.29 is 0 Å². The van der Waals surface area contributed by atoms with Crippen LogP contribution in [-0.2, 0) is 6.16 Å². The van der Waals surface area contributed by atoms with Gasteiger partial charge in [-0.1, -0.05) is 0 Å². The third-order valence-corrected chi connectivity index (χ3v) is 13.6. The summed E-state index contributed by atoms with van der Waals surface area (Å²) in [6.07, 6.45) is 4.21. The molecule has 0 atom stereocenters. The number of halogens is 1. The molecule has 0 bridgehead atoms. The zero-order valence-electron chi connectivity index (χ0n) is 19.4. The van der Waals surface area contributed by atoms with Crippen molar-refractivity contribution in [1.29, 1.82) is 5.26 Å². The van der Waals surface area contributed by atoms with E-state index in [9.17, 15) is 0 Å². The van der Waals surface area contributed by atoms with E-state index in [0.29, 0.717) is 12.6 Å². The van der Waals surface area contributed by atoms with Gasteiger partial charge in [0.15, 0.2) is 0 Å². The van der Waals surface area contributed by atoms with Crippen molar-refractivity contribution in [1.82, 2.24) is 0 Å². The van der Waals surface area contributed by atoms with E-state index in [1.165, 1.54) is 27.1 Å². The SMILES string of the molecule is CC(=Cc1cccc(CP(Cl)(c2ccccc2)(c2ccccc2)c2ccccc2)c1)CCC#N. The minimum atomic E-state index is -3.36. The summed E-state index contributed by atoms with van der Waals surface area (Å²) in [6.45, 7) is 2.09. The van der Waals surface area contributed by atoms with Crippen LogP contribution in [0.2, 0.25) is 0 Å². The summed E-state index contributed by atoms with van der Waals surface area (Å²) < 4.78 is 0. The molecule has 0 saturated carbocycles. The molecule has 0 saturated heterocycles. The van der Waals surface area contributed by atoms with Gasteiger partial charge in [-0.2, -0.15) is 0 Å². The van der Waals surface area contributed by atoms with E-state index >= 15 is 0 Å². The second kappa shape index (κ2) is 10.4. The molecule has 34 heavy (non-hydrogen) atoms. The van der Waals surface area contributed by atoms with E-state index in [1.54, 1.807) is 0 Å². The summed E-state index contributed by atoms with van der Waals surface area (Å²) in [4.78, 5) is 0. The zero-order chi connectivity index (χ0) is 23.9. The Kier molecular flexibility index (Phi) is 7.33. The molecule has 3 heteroatoms. The minimum absolute atomic E-state index is 0.538. The predicted molar refractivity (Wildman–Crippen MR) is 150 cm³/mol. The molecule has 0 spiro atoms. The van der Waals surface area contributed by atoms with Crippen molar-refractivity contribution in [2.24, 2.45) is 0 Å². The second-order valence-corrected chi connectivity index (χ2v) is 15.2. The standard InChI is InChI=1S/C31H29ClNP/c1-26(13-12-22-33)23-27-14-11-15-28(24-27)25-34(32,29-16-5-2-6-17-29,30-18-7-3-8-19-30)31-20-9-4-10-21-31/h2-11,14-21,23-24H,12-13,25H2,1H3. The molecule has 4 aromatic carbocycles. The molecule has 170 valence electrons. The number of hydrogen-bond acceptors (Lipinski definition) is 1. The first-order chi connectivity index (χ1) is 16.5. The van der Waals surface area contributed by atoms with Crippen LogP contribution in [0.4, 0.5) is 0 Å². The average molecular weight is 482 g/mol. The predicted octanol–water partition coefficient (Wildman–Crippen LogP) is 7.58. The van der Waals surface area contributed by atoms with Gasteiger partial charge >= 0.3 is 208 Å². The Morgan fingerprint density at radius 1 is 0.765 bits per heavy atom. The quantitative estimate of drug-likeness (QED) is 0.238. The van der Waals surface area contributed by atoms with Crippen LogP contribution in [0, 0.1) is 11.3 Å². The van der Waals surface area contributed by atoms with Gasteiger partial charge in [0, 0.05) is 0 Å². The maximum absolute atomic E-state index is 8.92. The number of benzene rings is 4. The van der Waals surface area contributed by atoms with E-state index in [0.717, 1.165) is 12.0 Å². The number of nitrogens with zero attached hydrogens (tertiary/aromatic N) is 1. The first-order valence-electron chi connectivity index (χ1n) is 11.6. The summed E-state index contributed by atoms with van der Waals surface area (Å²) in [5.41, 5.74) is 3.55. The van der Waals surface area contributed by atoms with Crippen molar-refractivity contribution in [2.75, 3.05) is 0 Å². The fraction of sp³-hybridized carbons (Fsp3) is 0.129. The molecule has 0 unspecified atom stereocenters. The Balaban J connectivity index is 1.93. The van der Waals surface area contributed by atoms with Gasteiger partial charge in [-0.25, -0.2) is 0 Å². The topological polar surface area (TPSA) is 23.8 Å². The Bertz CT molecular complexity index is 1210. The van der Waals surface area contributed by atoms with Crippen LogP contribution < -0.4 is 15.9 Å². The average Bonchev–Trinajstić information content (AvgIpc) is 2.89. The van der Waals surface area contributed by atoms with E-state index in [1.807, 2.05) is 18.2 Å². The summed E-state index contributed by atoms with van der Waals surface area (Å²) in [5.74, 6) is -3.36. The molecule has 0 aliphatic heterocycles. The van der Waals surface area contributed by atoms with Crippen LogP contribution in [0.1, 0.15) is 30.9 Å². The molecule has 0 aliphatic carbocycles. The van der Waals surface area contributed by atoms with Gasteiger partial charge in [0.2, 0.25) is 0 Å². The van der Waals surface area contributed by atoms with Crippen molar-refractivity contribution >= 4 is 39.2 Å². The molecule has 1 nitrogen and oxygen atoms in total. The van der Waals surface area contributed by atoms with Crippen LogP contribution in [0.3, 0.4) is 0 Å². The molecule has 4 aromatic rings. The first kappa shape index (κ1) is 24.0. The molecule has 0 radical (unpaired) electrons. The van der Waals surface area contributed by atoms with E-state index < -0.39 is 5.96 Å². The molecule has 0 fully saturated rings. The van der Waals surface area contributed by atoms with Gasteiger partial charge < -0.3 is 0 Å². The van der Waals surface area contributed by atoms with Gasteiger partial charge in [-0.3, -0.25) is 0 Å². The fourth-order valence-corrected chi connectivity index (χ4v) is 10.8. The van der Waals surface area contributed by atoms with Crippen molar-refractivity contribution in [2.45, 2.75) is 25.9 Å². The maximum atomic E-state index is 8.92. The van der Waals surface area contributed by atoms with Crippen molar-refractivity contribution in [3.63, 3.8) is 0 Å². The molecule has 0 aliphatic rings. The Morgan fingerprint density at radius 3 is 1.74 bits per heavy atom. The van der Waals surface area contributed by atoms with Gasteiger partial charge in [-0.05, 0) is 0 Å². The summed E-state index contributed by atoms with van der Waals surface area (Å²) in [6, 6.07) is 42.6. The van der Waals surface area contributed by atoms with Crippen LogP contribution >= 0.6 is 17.2 Å². The normalized spacial score (nSPS) is 13.0. The Hall–Kier alpha value is -3.17. The number of allylic oxidation sites excluding steroid dienone is 1. The second-order valence-electron chi connectivity index (χ2n) is 8.74. The fourth-order valence-electron chi connectivity index (χ4n) is 4.67. The van der Waals surface area contributed by atoms with E-state index in [-0.39, 0.29) is 0 Å². The molecule has 0 N–H and O–H groups in total. The third-order valence-electron chi connectivity index (χ3n) is 6.36. The number of rotatable bonds is 8. The molecule has 0 heterocycles. The molecule has 0 aromatic heterocycles. The molecule has 0 amide bonds. The molecular formula is C31H29ClNP. The Morgan fingerprint density at radius 2 is 1.26 bits per heavy atom. The van der Waals surface area contributed by atoms with E-state index in [2.05, 4.69) is 116 Å². The first-order valence-corrected chi connectivity index (χ1v) is 14.9.